The number of anilines is 1. The van der Waals surface area contributed by atoms with Crippen molar-refractivity contribution < 1.29 is 27.4 Å². The smallest absolute Gasteiger partial charge is 0.224 e. The van der Waals surface area contributed by atoms with E-state index in [0.717, 1.165) is 17.7 Å². The van der Waals surface area contributed by atoms with Crippen LogP contribution in [0.15, 0.2) is 30.3 Å². The standard InChI is InChI=1S/C17H16F3NO3/c1-23-11-7-10(8-12(9-11)24-2)3-6-15(22)21-14-5-4-13(18)16(19)17(14)20/h4-5,7-9H,3,6H2,1-2H3,(H,21,22). The molecule has 0 aromatic heterocycles. The molecule has 4 nitrogen and oxygen atoms in total. The summed E-state index contributed by atoms with van der Waals surface area (Å²) in [6.07, 6.45) is 0.361. The Morgan fingerprint density at radius 3 is 2.21 bits per heavy atom. The van der Waals surface area contributed by atoms with E-state index >= 15 is 0 Å². The van der Waals surface area contributed by atoms with Crippen molar-refractivity contribution in [3.63, 3.8) is 0 Å². The monoisotopic (exact) mass is 339 g/mol. The van der Waals surface area contributed by atoms with Crippen molar-refractivity contribution in [1.29, 1.82) is 0 Å². The molecule has 0 atom stereocenters. The normalized spacial score (nSPS) is 10.4. The molecule has 1 N–H and O–H groups in total. The van der Waals surface area contributed by atoms with Crippen LogP contribution in [0.1, 0.15) is 12.0 Å². The predicted molar refractivity (Wildman–Crippen MR) is 82.8 cm³/mol. The van der Waals surface area contributed by atoms with Crippen LogP contribution in [-0.2, 0) is 11.2 Å². The average Bonchev–Trinajstić information content (AvgIpc) is 2.60. The highest BCUT2D eigenvalue weighted by Gasteiger charge is 2.15. The average molecular weight is 339 g/mol. The van der Waals surface area contributed by atoms with Crippen molar-refractivity contribution in [2.75, 3.05) is 19.5 Å². The molecule has 128 valence electrons. The molecule has 0 saturated carbocycles. The van der Waals surface area contributed by atoms with Crippen molar-refractivity contribution in [3.05, 3.63) is 53.3 Å². The maximum atomic E-state index is 13.5. The largest absolute Gasteiger partial charge is 0.497 e. The lowest BCUT2D eigenvalue weighted by atomic mass is 10.1. The summed E-state index contributed by atoms with van der Waals surface area (Å²) in [6, 6.07) is 6.91. The molecule has 0 aliphatic heterocycles. The molecule has 7 heteroatoms. The van der Waals surface area contributed by atoms with E-state index in [1.807, 2.05) is 0 Å². The second-order valence-electron chi connectivity index (χ2n) is 4.99. The van der Waals surface area contributed by atoms with Crippen LogP contribution in [0.25, 0.3) is 0 Å². The number of carbonyl (C=O) groups excluding carboxylic acids is 1. The molecule has 2 aromatic carbocycles. The van der Waals surface area contributed by atoms with Crippen LogP contribution in [0.2, 0.25) is 0 Å². The molecule has 2 aromatic rings. The van der Waals surface area contributed by atoms with Gasteiger partial charge in [0.05, 0.1) is 19.9 Å². The van der Waals surface area contributed by atoms with Crippen molar-refractivity contribution in [2.45, 2.75) is 12.8 Å². The molecule has 1 amide bonds. The van der Waals surface area contributed by atoms with Crippen LogP contribution in [0, 0.1) is 17.5 Å². The lowest BCUT2D eigenvalue weighted by Crippen LogP contribution is -2.14. The van der Waals surface area contributed by atoms with Gasteiger partial charge in [-0.3, -0.25) is 4.79 Å². The minimum atomic E-state index is -1.62. The van der Waals surface area contributed by atoms with Crippen molar-refractivity contribution >= 4 is 11.6 Å². The third-order valence-electron chi connectivity index (χ3n) is 3.36. The summed E-state index contributed by atoms with van der Waals surface area (Å²) in [5.41, 5.74) is 0.384. The fraction of sp³-hybridized carbons (Fsp3) is 0.235. The predicted octanol–water partition coefficient (Wildman–Crippen LogP) is 3.69. The van der Waals surface area contributed by atoms with Crippen LogP contribution in [0.5, 0.6) is 11.5 Å². The highest BCUT2D eigenvalue weighted by atomic mass is 19.2. The molecule has 2 rings (SSSR count). The van der Waals surface area contributed by atoms with E-state index in [-0.39, 0.29) is 6.42 Å². The van der Waals surface area contributed by atoms with Crippen LogP contribution < -0.4 is 14.8 Å². The number of hydrogen-bond donors (Lipinski definition) is 1. The molecular formula is C17H16F3NO3. The SMILES string of the molecule is COc1cc(CCC(=O)Nc2ccc(F)c(F)c2F)cc(OC)c1. The Balaban J connectivity index is 2.02. The maximum Gasteiger partial charge on any atom is 0.224 e. The van der Waals surface area contributed by atoms with Crippen molar-refractivity contribution in [3.8, 4) is 11.5 Å². The number of rotatable bonds is 6. The Hall–Kier alpha value is -2.70. The minimum Gasteiger partial charge on any atom is -0.497 e. The second kappa shape index (κ2) is 7.72. The van der Waals surface area contributed by atoms with Crippen molar-refractivity contribution in [1.82, 2.24) is 0 Å². The minimum absolute atomic E-state index is 0.0226. The van der Waals surface area contributed by atoms with E-state index in [1.165, 1.54) is 14.2 Å². The van der Waals surface area contributed by atoms with Crippen LogP contribution in [0.3, 0.4) is 0 Å². The zero-order valence-electron chi connectivity index (χ0n) is 13.2. The quantitative estimate of drug-likeness (QED) is 0.817. The van der Waals surface area contributed by atoms with Crippen molar-refractivity contribution in [2.24, 2.45) is 0 Å². The summed E-state index contributed by atoms with van der Waals surface area (Å²) in [6.45, 7) is 0. The van der Waals surface area contributed by atoms with Gasteiger partial charge in [0, 0.05) is 12.5 Å². The molecule has 0 fully saturated rings. The molecule has 0 radical (unpaired) electrons. The molecule has 0 aliphatic rings. The van der Waals surface area contributed by atoms with Crippen LogP contribution >= 0.6 is 0 Å². The Morgan fingerprint density at radius 1 is 1.00 bits per heavy atom. The fourth-order valence-electron chi connectivity index (χ4n) is 2.10. The first-order valence-electron chi connectivity index (χ1n) is 7.10. The summed E-state index contributed by atoms with van der Waals surface area (Å²) >= 11 is 0. The summed E-state index contributed by atoms with van der Waals surface area (Å²) in [7, 11) is 3.02. The Kier molecular flexibility index (Phi) is 5.68. The third kappa shape index (κ3) is 4.18. The number of hydrogen-bond acceptors (Lipinski definition) is 3. The number of nitrogens with one attached hydrogen (secondary N) is 1. The Morgan fingerprint density at radius 2 is 1.62 bits per heavy atom. The van der Waals surface area contributed by atoms with Crippen LogP contribution in [0.4, 0.5) is 18.9 Å². The topological polar surface area (TPSA) is 47.6 Å². The van der Waals surface area contributed by atoms with Gasteiger partial charge in [0.15, 0.2) is 17.5 Å². The van der Waals surface area contributed by atoms with Gasteiger partial charge in [-0.1, -0.05) is 0 Å². The number of ether oxygens (including phenoxy) is 2. The van der Waals surface area contributed by atoms with Gasteiger partial charge in [0.2, 0.25) is 5.91 Å². The van der Waals surface area contributed by atoms with E-state index in [0.29, 0.717) is 17.9 Å². The van der Waals surface area contributed by atoms with E-state index < -0.39 is 29.0 Å². The van der Waals surface area contributed by atoms with E-state index in [4.69, 9.17) is 9.47 Å². The van der Waals surface area contributed by atoms with E-state index in [1.54, 1.807) is 18.2 Å². The van der Waals surface area contributed by atoms with Gasteiger partial charge in [-0.2, -0.15) is 0 Å². The lowest BCUT2D eigenvalue weighted by molar-refractivity contribution is -0.116. The molecular weight excluding hydrogens is 323 g/mol. The van der Waals surface area contributed by atoms with Gasteiger partial charge >= 0.3 is 0 Å². The third-order valence-corrected chi connectivity index (χ3v) is 3.36. The summed E-state index contributed by atoms with van der Waals surface area (Å²) in [5, 5.41) is 2.22. The Bertz CT molecular complexity index is 728. The summed E-state index contributed by atoms with van der Waals surface area (Å²) in [4.78, 5) is 11.9. The van der Waals surface area contributed by atoms with E-state index in [2.05, 4.69) is 5.32 Å². The number of amides is 1. The molecule has 0 bridgehead atoms. The summed E-state index contributed by atoms with van der Waals surface area (Å²) < 4.78 is 49.8. The lowest BCUT2D eigenvalue weighted by Gasteiger charge is -2.09. The maximum absolute atomic E-state index is 13.5. The van der Waals surface area contributed by atoms with Gasteiger partial charge in [-0.25, -0.2) is 13.2 Å². The summed E-state index contributed by atoms with van der Waals surface area (Å²) in [5.74, 6) is -3.72. The fourth-order valence-corrected chi connectivity index (χ4v) is 2.10. The van der Waals surface area contributed by atoms with Gasteiger partial charge < -0.3 is 14.8 Å². The van der Waals surface area contributed by atoms with Gasteiger partial charge in [-0.05, 0) is 36.2 Å². The Labute approximate surface area is 137 Å². The first kappa shape index (κ1) is 17.7. The zero-order valence-corrected chi connectivity index (χ0v) is 13.2. The number of methoxy groups -OCH3 is 2. The molecule has 0 aliphatic carbocycles. The van der Waals surface area contributed by atoms with Gasteiger partial charge in [0.25, 0.3) is 0 Å². The highest BCUT2D eigenvalue weighted by Crippen LogP contribution is 2.24. The molecule has 0 spiro atoms. The van der Waals surface area contributed by atoms with Gasteiger partial charge in [0.1, 0.15) is 11.5 Å². The number of carbonyl (C=O) groups is 1. The molecule has 24 heavy (non-hydrogen) atoms. The number of halogens is 3. The molecule has 0 heterocycles. The highest BCUT2D eigenvalue weighted by molar-refractivity contribution is 5.91. The first-order valence-corrected chi connectivity index (χ1v) is 7.10. The zero-order chi connectivity index (χ0) is 17.7. The number of aryl methyl sites for hydroxylation is 1. The van der Waals surface area contributed by atoms with E-state index in [9.17, 15) is 18.0 Å². The molecule has 0 unspecified atom stereocenters. The second-order valence-corrected chi connectivity index (χ2v) is 4.99. The number of benzene rings is 2. The van der Waals surface area contributed by atoms with Crippen LogP contribution in [-0.4, -0.2) is 20.1 Å². The molecule has 0 saturated heterocycles. The van der Waals surface area contributed by atoms with Gasteiger partial charge in [-0.15, -0.1) is 0 Å². The first-order chi connectivity index (χ1) is 11.4.